The molecule has 0 amide bonds. The summed E-state index contributed by atoms with van der Waals surface area (Å²) in [6.45, 7) is 0. The van der Waals surface area contributed by atoms with Crippen LogP contribution < -0.4 is 0 Å². The third kappa shape index (κ3) is 1.01. The maximum Gasteiger partial charge on any atom is 0.115 e. The van der Waals surface area contributed by atoms with E-state index in [0.717, 1.165) is 24.8 Å². The summed E-state index contributed by atoms with van der Waals surface area (Å²) in [5, 5.41) is 9.80. The van der Waals surface area contributed by atoms with Crippen LogP contribution in [0.25, 0.3) is 0 Å². The smallest absolute Gasteiger partial charge is 0.115 e. The van der Waals surface area contributed by atoms with Crippen molar-refractivity contribution in [2.75, 3.05) is 0 Å². The monoisotopic (exact) mass is 150 g/mol. The fraction of sp³-hybridized carbons (Fsp3) is 0.500. The zero-order valence-corrected chi connectivity index (χ0v) is 6.20. The van der Waals surface area contributed by atoms with Gasteiger partial charge in [0.05, 0.1) is 5.60 Å². The summed E-state index contributed by atoms with van der Waals surface area (Å²) in [6, 6.07) is 0. The Kier molecular flexibility index (Phi) is 1.39. The van der Waals surface area contributed by atoms with Gasteiger partial charge in [0.1, 0.15) is 6.33 Å². The zero-order chi connectivity index (χ0) is 7.73. The molecule has 0 aliphatic heterocycles. The van der Waals surface area contributed by atoms with Crippen LogP contribution in [0, 0.1) is 0 Å². The molecule has 3 nitrogen and oxygen atoms in total. The molecule has 1 aromatic heterocycles. The molecule has 0 spiro atoms. The number of hydrogen-bond acceptors (Lipinski definition) is 3. The van der Waals surface area contributed by atoms with Crippen molar-refractivity contribution in [3.05, 3.63) is 24.3 Å². The van der Waals surface area contributed by atoms with Crippen LogP contribution >= 0.6 is 0 Å². The molecule has 0 atom stereocenters. The van der Waals surface area contributed by atoms with Gasteiger partial charge in [0, 0.05) is 18.0 Å². The summed E-state index contributed by atoms with van der Waals surface area (Å²) in [5.41, 5.74) is 0.243. The normalized spacial score (nSPS) is 20.8. The van der Waals surface area contributed by atoms with Crippen LogP contribution in [0.15, 0.2) is 18.7 Å². The SMILES string of the molecule is OC1(c2cncnc2)CCC1. The lowest BCUT2D eigenvalue weighted by atomic mass is 9.76. The predicted octanol–water partition coefficient (Wildman–Crippen LogP) is 0.848. The van der Waals surface area contributed by atoms with Crippen molar-refractivity contribution in [2.24, 2.45) is 0 Å². The van der Waals surface area contributed by atoms with E-state index in [1.807, 2.05) is 0 Å². The van der Waals surface area contributed by atoms with Crippen LogP contribution in [0.5, 0.6) is 0 Å². The zero-order valence-electron chi connectivity index (χ0n) is 6.20. The fourth-order valence-electron chi connectivity index (χ4n) is 1.34. The second kappa shape index (κ2) is 2.27. The van der Waals surface area contributed by atoms with Crippen molar-refractivity contribution >= 4 is 0 Å². The average Bonchev–Trinajstić information content (AvgIpc) is 2.02. The maximum absolute atomic E-state index is 9.80. The van der Waals surface area contributed by atoms with Crippen molar-refractivity contribution < 1.29 is 5.11 Å². The van der Waals surface area contributed by atoms with Crippen molar-refractivity contribution in [3.63, 3.8) is 0 Å². The summed E-state index contributed by atoms with van der Waals surface area (Å²) >= 11 is 0. The van der Waals surface area contributed by atoms with Gasteiger partial charge in [-0.15, -0.1) is 0 Å². The molecule has 0 aromatic carbocycles. The summed E-state index contributed by atoms with van der Waals surface area (Å²) < 4.78 is 0. The number of rotatable bonds is 1. The number of nitrogens with zero attached hydrogens (tertiary/aromatic N) is 2. The predicted molar refractivity (Wildman–Crippen MR) is 39.8 cm³/mol. The third-order valence-corrected chi connectivity index (χ3v) is 2.28. The molecule has 1 fully saturated rings. The first-order valence-electron chi connectivity index (χ1n) is 3.79. The lowest BCUT2D eigenvalue weighted by Crippen LogP contribution is -2.33. The first kappa shape index (κ1) is 6.73. The summed E-state index contributed by atoms with van der Waals surface area (Å²) in [4.78, 5) is 7.72. The Balaban J connectivity index is 2.29. The quantitative estimate of drug-likeness (QED) is 0.645. The molecule has 1 aliphatic carbocycles. The van der Waals surface area contributed by atoms with Crippen molar-refractivity contribution in [1.82, 2.24) is 9.97 Å². The lowest BCUT2D eigenvalue weighted by Gasteiger charge is -2.36. The van der Waals surface area contributed by atoms with Gasteiger partial charge in [0.2, 0.25) is 0 Å². The molecule has 0 unspecified atom stereocenters. The highest BCUT2D eigenvalue weighted by atomic mass is 16.3. The number of aliphatic hydroxyl groups is 1. The van der Waals surface area contributed by atoms with Crippen molar-refractivity contribution in [1.29, 1.82) is 0 Å². The molecule has 1 aromatic rings. The maximum atomic E-state index is 9.80. The van der Waals surface area contributed by atoms with E-state index < -0.39 is 5.60 Å². The fourth-order valence-corrected chi connectivity index (χ4v) is 1.34. The Hall–Kier alpha value is -0.960. The highest BCUT2D eigenvalue weighted by molar-refractivity contribution is 5.16. The molecule has 0 saturated heterocycles. The second-order valence-electron chi connectivity index (χ2n) is 3.01. The highest BCUT2D eigenvalue weighted by Crippen LogP contribution is 2.40. The average molecular weight is 150 g/mol. The first-order chi connectivity index (χ1) is 5.31. The third-order valence-electron chi connectivity index (χ3n) is 2.28. The van der Waals surface area contributed by atoms with Crippen LogP contribution in [-0.4, -0.2) is 15.1 Å². The van der Waals surface area contributed by atoms with Crippen molar-refractivity contribution in [3.8, 4) is 0 Å². The van der Waals surface area contributed by atoms with Gasteiger partial charge in [-0.3, -0.25) is 0 Å². The van der Waals surface area contributed by atoms with Crippen LogP contribution in [0.3, 0.4) is 0 Å². The van der Waals surface area contributed by atoms with E-state index in [1.165, 1.54) is 6.33 Å². The van der Waals surface area contributed by atoms with E-state index in [9.17, 15) is 5.11 Å². The van der Waals surface area contributed by atoms with E-state index in [0.29, 0.717) is 0 Å². The van der Waals surface area contributed by atoms with Gasteiger partial charge >= 0.3 is 0 Å². The second-order valence-corrected chi connectivity index (χ2v) is 3.01. The summed E-state index contributed by atoms with van der Waals surface area (Å²) in [7, 11) is 0. The number of hydrogen-bond donors (Lipinski definition) is 1. The van der Waals surface area contributed by atoms with Gasteiger partial charge in [-0.1, -0.05) is 0 Å². The molecule has 1 N–H and O–H groups in total. The van der Waals surface area contributed by atoms with Gasteiger partial charge in [-0.05, 0) is 19.3 Å². The van der Waals surface area contributed by atoms with Gasteiger partial charge in [-0.2, -0.15) is 0 Å². The highest BCUT2D eigenvalue weighted by Gasteiger charge is 2.36. The van der Waals surface area contributed by atoms with Gasteiger partial charge < -0.3 is 5.11 Å². The van der Waals surface area contributed by atoms with E-state index in [2.05, 4.69) is 9.97 Å². The minimum Gasteiger partial charge on any atom is -0.385 e. The van der Waals surface area contributed by atoms with E-state index in [1.54, 1.807) is 12.4 Å². The molecule has 1 aliphatic rings. The topological polar surface area (TPSA) is 46.0 Å². The standard InChI is InChI=1S/C8H10N2O/c11-8(2-1-3-8)7-4-9-6-10-5-7/h4-6,11H,1-3H2. The lowest BCUT2D eigenvalue weighted by molar-refractivity contribution is -0.0393. The molecule has 1 heterocycles. The van der Waals surface area contributed by atoms with Gasteiger partial charge in [0.15, 0.2) is 0 Å². The van der Waals surface area contributed by atoms with Crippen LogP contribution in [-0.2, 0) is 5.60 Å². The van der Waals surface area contributed by atoms with Crippen molar-refractivity contribution in [2.45, 2.75) is 24.9 Å². The molecule has 58 valence electrons. The van der Waals surface area contributed by atoms with E-state index in [-0.39, 0.29) is 0 Å². The van der Waals surface area contributed by atoms with Gasteiger partial charge in [0.25, 0.3) is 0 Å². The van der Waals surface area contributed by atoms with Crippen LogP contribution in [0.1, 0.15) is 24.8 Å². The molecule has 0 radical (unpaired) electrons. The molecule has 11 heavy (non-hydrogen) atoms. The molecule has 0 bridgehead atoms. The molecular formula is C8H10N2O. The summed E-state index contributed by atoms with van der Waals surface area (Å²) in [6.07, 6.45) is 7.65. The Bertz CT molecular complexity index is 244. The first-order valence-corrected chi connectivity index (χ1v) is 3.79. The van der Waals surface area contributed by atoms with Crippen LogP contribution in [0.2, 0.25) is 0 Å². The van der Waals surface area contributed by atoms with E-state index in [4.69, 9.17) is 0 Å². The largest absolute Gasteiger partial charge is 0.385 e. The van der Waals surface area contributed by atoms with E-state index >= 15 is 0 Å². The molecule has 3 heteroatoms. The minimum atomic E-state index is -0.610. The Morgan fingerprint density at radius 1 is 1.27 bits per heavy atom. The Morgan fingerprint density at radius 2 is 1.91 bits per heavy atom. The van der Waals surface area contributed by atoms with Crippen LogP contribution in [0.4, 0.5) is 0 Å². The minimum absolute atomic E-state index is 0.610. The Labute approximate surface area is 65.1 Å². The molecular weight excluding hydrogens is 140 g/mol. The summed E-state index contributed by atoms with van der Waals surface area (Å²) in [5.74, 6) is 0. The molecule has 1 saturated carbocycles. The van der Waals surface area contributed by atoms with Gasteiger partial charge in [-0.25, -0.2) is 9.97 Å². The molecule has 2 rings (SSSR count). The Morgan fingerprint density at radius 3 is 2.36 bits per heavy atom. The number of aromatic nitrogens is 2.